The molecule has 1 rings (SSSR count). The molecule has 1 aromatic rings. The van der Waals surface area contributed by atoms with Gasteiger partial charge in [0, 0.05) is 6.04 Å². The Hall–Kier alpha value is -0.960. The SMILES string of the molecule is Cc1ccccc1[C@H](C)NC(C)C(F)F. The molecular formula is C12H17F2N. The van der Waals surface area contributed by atoms with Gasteiger partial charge in [0.1, 0.15) is 0 Å². The molecule has 15 heavy (non-hydrogen) atoms. The zero-order valence-corrected chi connectivity index (χ0v) is 9.30. The van der Waals surface area contributed by atoms with Crippen molar-refractivity contribution < 1.29 is 8.78 Å². The van der Waals surface area contributed by atoms with Crippen LogP contribution in [0.3, 0.4) is 0 Å². The Bertz CT molecular complexity index is 312. The summed E-state index contributed by atoms with van der Waals surface area (Å²) in [5, 5.41) is 2.89. The molecule has 0 aliphatic rings. The zero-order chi connectivity index (χ0) is 11.4. The summed E-state index contributed by atoms with van der Waals surface area (Å²) in [6, 6.07) is 7.00. The first-order valence-corrected chi connectivity index (χ1v) is 5.12. The molecule has 0 saturated carbocycles. The van der Waals surface area contributed by atoms with Gasteiger partial charge in [0.25, 0.3) is 6.43 Å². The normalized spacial score (nSPS) is 15.3. The first-order chi connectivity index (χ1) is 7.02. The van der Waals surface area contributed by atoms with E-state index >= 15 is 0 Å². The van der Waals surface area contributed by atoms with Gasteiger partial charge in [-0.3, -0.25) is 0 Å². The van der Waals surface area contributed by atoms with Gasteiger partial charge in [0.15, 0.2) is 0 Å². The molecule has 0 spiro atoms. The highest BCUT2D eigenvalue weighted by Crippen LogP contribution is 2.18. The van der Waals surface area contributed by atoms with Gasteiger partial charge in [-0.15, -0.1) is 0 Å². The second kappa shape index (κ2) is 5.21. The third-order valence-corrected chi connectivity index (χ3v) is 2.55. The van der Waals surface area contributed by atoms with Crippen LogP contribution < -0.4 is 5.32 Å². The lowest BCUT2D eigenvalue weighted by molar-refractivity contribution is 0.101. The average molecular weight is 213 g/mol. The highest BCUT2D eigenvalue weighted by molar-refractivity contribution is 5.28. The van der Waals surface area contributed by atoms with Crippen molar-refractivity contribution in [2.75, 3.05) is 0 Å². The van der Waals surface area contributed by atoms with Crippen molar-refractivity contribution >= 4 is 0 Å². The summed E-state index contributed by atoms with van der Waals surface area (Å²) in [6.07, 6.45) is -2.32. The van der Waals surface area contributed by atoms with Crippen LogP contribution in [0.1, 0.15) is 31.0 Å². The molecule has 1 nitrogen and oxygen atoms in total. The van der Waals surface area contributed by atoms with Crippen LogP contribution in [-0.2, 0) is 0 Å². The first kappa shape index (κ1) is 12.1. The fraction of sp³-hybridized carbons (Fsp3) is 0.500. The average Bonchev–Trinajstić information content (AvgIpc) is 2.18. The number of hydrogen-bond acceptors (Lipinski definition) is 1. The highest BCUT2D eigenvalue weighted by Gasteiger charge is 2.17. The Morgan fingerprint density at radius 2 is 1.73 bits per heavy atom. The molecule has 2 atom stereocenters. The molecule has 0 radical (unpaired) electrons. The minimum Gasteiger partial charge on any atom is -0.302 e. The van der Waals surface area contributed by atoms with Crippen LogP contribution in [0, 0.1) is 6.92 Å². The fourth-order valence-corrected chi connectivity index (χ4v) is 1.63. The van der Waals surface area contributed by atoms with E-state index in [1.165, 1.54) is 6.92 Å². The highest BCUT2D eigenvalue weighted by atomic mass is 19.3. The van der Waals surface area contributed by atoms with Crippen molar-refractivity contribution in [2.45, 2.75) is 39.3 Å². The summed E-state index contributed by atoms with van der Waals surface area (Å²) in [7, 11) is 0. The smallest absolute Gasteiger partial charge is 0.253 e. The van der Waals surface area contributed by atoms with Gasteiger partial charge in [-0.1, -0.05) is 24.3 Å². The Kier molecular flexibility index (Phi) is 4.21. The summed E-state index contributed by atoms with van der Waals surface area (Å²) in [6.45, 7) is 5.39. The maximum absolute atomic E-state index is 12.3. The largest absolute Gasteiger partial charge is 0.302 e. The van der Waals surface area contributed by atoms with Gasteiger partial charge in [0.05, 0.1) is 6.04 Å². The first-order valence-electron chi connectivity index (χ1n) is 5.12. The topological polar surface area (TPSA) is 12.0 Å². The van der Waals surface area contributed by atoms with E-state index < -0.39 is 12.5 Å². The molecule has 0 aliphatic carbocycles. The molecule has 0 bridgehead atoms. The van der Waals surface area contributed by atoms with Crippen LogP contribution in [0.15, 0.2) is 24.3 Å². The maximum Gasteiger partial charge on any atom is 0.253 e. The summed E-state index contributed by atoms with van der Waals surface area (Å²) in [5.74, 6) is 0. The van der Waals surface area contributed by atoms with E-state index in [1.54, 1.807) is 0 Å². The molecule has 0 amide bonds. The third-order valence-electron chi connectivity index (χ3n) is 2.55. The predicted molar refractivity (Wildman–Crippen MR) is 58.2 cm³/mol. The second-order valence-corrected chi connectivity index (χ2v) is 3.87. The van der Waals surface area contributed by atoms with Gasteiger partial charge in [-0.05, 0) is 31.9 Å². The van der Waals surface area contributed by atoms with Crippen LogP contribution in [0.2, 0.25) is 0 Å². The molecule has 0 aliphatic heterocycles. The molecule has 0 aromatic heterocycles. The molecule has 1 unspecified atom stereocenters. The van der Waals surface area contributed by atoms with E-state index in [2.05, 4.69) is 5.32 Å². The van der Waals surface area contributed by atoms with E-state index in [9.17, 15) is 8.78 Å². The molecule has 3 heteroatoms. The summed E-state index contributed by atoms with van der Waals surface area (Å²) in [4.78, 5) is 0. The number of benzene rings is 1. The fourth-order valence-electron chi connectivity index (χ4n) is 1.63. The number of hydrogen-bond donors (Lipinski definition) is 1. The summed E-state index contributed by atoms with van der Waals surface area (Å²) >= 11 is 0. The van der Waals surface area contributed by atoms with E-state index in [1.807, 2.05) is 38.1 Å². The molecule has 1 N–H and O–H groups in total. The van der Waals surface area contributed by atoms with Gasteiger partial charge < -0.3 is 5.32 Å². The van der Waals surface area contributed by atoms with Crippen molar-refractivity contribution in [2.24, 2.45) is 0 Å². The Labute approximate surface area is 89.5 Å². The lowest BCUT2D eigenvalue weighted by Gasteiger charge is -2.21. The summed E-state index contributed by atoms with van der Waals surface area (Å²) in [5.41, 5.74) is 2.20. The molecule has 0 fully saturated rings. The van der Waals surface area contributed by atoms with Crippen molar-refractivity contribution in [1.29, 1.82) is 0 Å². The van der Waals surface area contributed by atoms with E-state index in [4.69, 9.17) is 0 Å². The van der Waals surface area contributed by atoms with Gasteiger partial charge >= 0.3 is 0 Å². The van der Waals surface area contributed by atoms with E-state index in [-0.39, 0.29) is 6.04 Å². The standard InChI is InChI=1S/C12H17F2N/c1-8-6-4-5-7-11(8)9(2)15-10(3)12(13)14/h4-7,9-10,12,15H,1-3H3/t9-,10?/m0/s1. The van der Waals surface area contributed by atoms with Crippen molar-refractivity contribution in [3.63, 3.8) is 0 Å². The monoisotopic (exact) mass is 213 g/mol. The van der Waals surface area contributed by atoms with Crippen LogP contribution in [0.25, 0.3) is 0 Å². The van der Waals surface area contributed by atoms with Crippen LogP contribution in [0.5, 0.6) is 0 Å². The zero-order valence-electron chi connectivity index (χ0n) is 9.30. The third kappa shape index (κ3) is 3.27. The molecule has 0 heterocycles. The van der Waals surface area contributed by atoms with Crippen LogP contribution >= 0.6 is 0 Å². The number of nitrogens with one attached hydrogen (secondary N) is 1. The lowest BCUT2D eigenvalue weighted by Crippen LogP contribution is -2.34. The van der Waals surface area contributed by atoms with Gasteiger partial charge in [-0.25, -0.2) is 8.78 Å². The van der Waals surface area contributed by atoms with Gasteiger partial charge in [0.2, 0.25) is 0 Å². The maximum atomic E-state index is 12.3. The van der Waals surface area contributed by atoms with Crippen molar-refractivity contribution in [1.82, 2.24) is 5.32 Å². The Morgan fingerprint density at radius 3 is 2.27 bits per heavy atom. The predicted octanol–water partition coefficient (Wildman–Crippen LogP) is 3.30. The summed E-state index contributed by atoms with van der Waals surface area (Å²) < 4.78 is 24.7. The van der Waals surface area contributed by atoms with E-state index in [0.29, 0.717) is 0 Å². The van der Waals surface area contributed by atoms with Gasteiger partial charge in [-0.2, -0.15) is 0 Å². The number of halogens is 2. The molecular weight excluding hydrogens is 196 g/mol. The molecule has 84 valence electrons. The van der Waals surface area contributed by atoms with E-state index in [0.717, 1.165) is 11.1 Å². The van der Waals surface area contributed by atoms with Crippen LogP contribution in [0.4, 0.5) is 8.78 Å². The lowest BCUT2D eigenvalue weighted by atomic mass is 10.0. The molecule has 1 aromatic carbocycles. The number of alkyl halides is 2. The minimum absolute atomic E-state index is 0.0461. The number of rotatable bonds is 4. The molecule has 0 saturated heterocycles. The van der Waals surface area contributed by atoms with Crippen molar-refractivity contribution in [3.05, 3.63) is 35.4 Å². The Morgan fingerprint density at radius 1 is 1.13 bits per heavy atom. The minimum atomic E-state index is -2.32. The van der Waals surface area contributed by atoms with Crippen LogP contribution in [-0.4, -0.2) is 12.5 Å². The Balaban J connectivity index is 2.69. The number of aryl methyl sites for hydroxylation is 1. The quantitative estimate of drug-likeness (QED) is 0.809. The second-order valence-electron chi connectivity index (χ2n) is 3.87. The van der Waals surface area contributed by atoms with Crippen molar-refractivity contribution in [3.8, 4) is 0 Å².